The van der Waals surface area contributed by atoms with Gasteiger partial charge in [-0.1, -0.05) is 29.3 Å². The number of benzene rings is 1. The molecule has 20 heavy (non-hydrogen) atoms. The highest BCUT2D eigenvalue weighted by Gasteiger charge is 2.26. The molecule has 1 aromatic carbocycles. The smallest absolute Gasteiger partial charge is 0.255 e. The summed E-state index contributed by atoms with van der Waals surface area (Å²) in [6, 6.07) is 7.15. The predicted molar refractivity (Wildman–Crippen MR) is 79.0 cm³/mol. The van der Waals surface area contributed by atoms with Gasteiger partial charge in [0.15, 0.2) is 0 Å². The maximum Gasteiger partial charge on any atom is 0.255 e. The minimum absolute atomic E-state index is 0.109. The van der Waals surface area contributed by atoms with Gasteiger partial charge >= 0.3 is 0 Å². The first-order valence-corrected chi connectivity index (χ1v) is 7.17. The molecular formula is C14H15Cl2N3O. The van der Waals surface area contributed by atoms with E-state index in [0.29, 0.717) is 41.8 Å². The summed E-state index contributed by atoms with van der Waals surface area (Å²) in [6.45, 7) is 4.43. The molecule has 0 aromatic heterocycles. The van der Waals surface area contributed by atoms with E-state index in [-0.39, 0.29) is 11.9 Å². The Morgan fingerprint density at radius 1 is 1.30 bits per heavy atom. The zero-order chi connectivity index (χ0) is 14.7. The summed E-state index contributed by atoms with van der Waals surface area (Å²) in [7, 11) is 0. The molecule has 106 valence electrons. The highest BCUT2D eigenvalue weighted by atomic mass is 35.5. The van der Waals surface area contributed by atoms with Crippen molar-refractivity contribution in [3.8, 4) is 6.07 Å². The van der Waals surface area contributed by atoms with Gasteiger partial charge in [-0.25, -0.2) is 0 Å². The summed E-state index contributed by atoms with van der Waals surface area (Å²) in [6.07, 6.45) is 0. The second-order valence-corrected chi connectivity index (χ2v) is 5.52. The topological polar surface area (TPSA) is 47.3 Å². The summed E-state index contributed by atoms with van der Waals surface area (Å²) in [5, 5.41) is 9.58. The molecule has 0 aliphatic carbocycles. The minimum Gasteiger partial charge on any atom is -0.336 e. The van der Waals surface area contributed by atoms with Crippen LogP contribution in [0.15, 0.2) is 18.2 Å². The molecule has 1 aliphatic rings. The summed E-state index contributed by atoms with van der Waals surface area (Å²) >= 11 is 12.0. The van der Waals surface area contributed by atoms with Gasteiger partial charge < -0.3 is 4.90 Å². The van der Waals surface area contributed by atoms with E-state index < -0.39 is 0 Å². The summed E-state index contributed by atoms with van der Waals surface area (Å²) in [5.74, 6) is -0.109. The monoisotopic (exact) mass is 311 g/mol. The van der Waals surface area contributed by atoms with Crippen molar-refractivity contribution < 1.29 is 4.79 Å². The molecule has 1 atom stereocenters. The van der Waals surface area contributed by atoms with E-state index in [1.807, 2.05) is 6.92 Å². The third kappa shape index (κ3) is 3.06. The first kappa shape index (κ1) is 15.1. The van der Waals surface area contributed by atoms with Crippen LogP contribution in [0.1, 0.15) is 17.3 Å². The lowest BCUT2D eigenvalue weighted by atomic mass is 10.1. The number of rotatable bonds is 2. The maximum absolute atomic E-state index is 12.4. The summed E-state index contributed by atoms with van der Waals surface area (Å²) in [5.41, 5.74) is 0.431. The van der Waals surface area contributed by atoms with Crippen molar-refractivity contribution >= 4 is 29.1 Å². The second kappa shape index (κ2) is 6.45. The number of hydrogen-bond donors (Lipinski definition) is 0. The number of carbonyl (C=O) groups excluding carboxylic acids is 1. The van der Waals surface area contributed by atoms with Crippen molar-refractivity contribution in [3.05, 3.63) is 33.8 Å². The molecule has 1 aromatic rings. The van der Waals surface area contributed by atoms with E-state index in [2.05, 4.69) is 11.0 Å². The molecule has 2 rings (SSSR count). The van der Waals surface area contributed by atoms with Crippen molar-refractivity contribution in [1.82, 2.24) is 9.80 Å². The van der Waals surface area contributed by atoms with Crippen molar-refractivity contribution in [2.24, 2.45) is 0 Å². The van der Waals surface area contributed by atoms with Crippen LogP contribution < -0.4 is 0 Å². The van der Waals surface area contributed by atoms with Crippen LogP contribution in [-0.4, -0.2) is 47.9 Å². The SMILES string of the molecule is CC(C#N)N1CCN(C(=O)c2cccc(Cl)c2Cl)CC1. The van der Waals surface area contributed by atoms with Gasteiger partial charge in [-0.15, -0.1) is 0 Å². The van der Waals surface area contributed by atoms with E-state index >= 15 is 0 Å². The largest absolute Gasteiger partial charge is 0.336 e. The van der Waals surface area contributed by atoms with Crippen LogP contribution in [-0.2, 0) is 0 Å². The molecule has 0 saturated carbocycles. The van der Waals surface area contributed by atoms with Crippen molar-refractivity contribution in [2.75, 3.05) is 26.2 Å². The fourth-order valence-corrected chi connectivity index (χ4v) is 2.61. The molecule has 1 heterocycles. The molecule has 1 aliphatic heterocycles. The Labute approximate surface area is 128 Å². The first-order chi connectivity index (χ1) is 9.54. The zero-order valence-corrected chi connectivity index (χ0v) is 12.7. The highest BCUT2D eigenvalue weighted by molar-refractivity contribution is 6.43. The Bertz CT molecular complexity index is 548. The summed E-state index contributed by atoms with van der Waals surface area (Å²) in [4.78, 5) is 16.2. The number of nitriles is 1. The molecule has 4 nitrogen and oxygen atoms in total. The van der Waals surface area contributed by atoms with E-state index in [0.717, 1.165) is 0 Å². The van der Waals surface area contributed by atoms with Crippen LogP contribution in [0.25, 0.3) is 0 Å². The van der Waals surface area contributed by atoms with Crippen LogP contribution in [0.5, 0.6) is 0 Å². The molecule has 6 heteroatoms. The third-order valence-corrected chi connectivity index (χ3v) is 4.34. The Kier molecular flexibility index (Phi) is 4.87. The predicted octanol–water partition coefficient (Wildman–Crippen LogP) is 2.66. The molecule has 1 fully saturated rings. The fourth-order valence-electron chi connectivity index (χ4n) is 2.23. The van der Waals surface area contributed by atoms with Crippen LogP contribution >= 0.6 is 23.2 Å². The molecule has 0 spiro atoms. The lowest BCUT2D eigenvalue weighted by molar-refractivity contribution is 0.0616. The minimum atomic E-state index is -0.123. The van der Waals surface area contributed by atoms with Crippen LogP contribution in [0.3, 0.4) is 0 Å². The van der Waals surface area contributed by atoms with Crippen molar-refractivity contribution in [2.45, 2.75) is 13.0 Å². The zero-order valence-electron chi connectivity index (χ0n) is 11.1. The van der Waals surface area contributed by atoms with Crippen LogP contribution in [0, 0.1) is 11.3 Å². The maximum atomic E-state index is 12.4. The molecule has 0 bridgehead atoms. The molecule has 1 saturated heterocycles. The van der Waals surface area contributed by atoms with E-state index in [1.54, 1.807) is 23.1 Å². The van der Waals surface area contributed by atoms with Crippen LogP contribution in [0.4, 0.5) is 0 Å². The molecule has 0 N–H and O–H groups in total. The Balaban J connectivity index is 2.06. The van der Waals surface area contributed by atoms with Crippen molar-refractivity contribution in [1.29, 1.82) is 5.26 Å². The fraction of sp³-hybridized carbons (Fsp3) is 0.429. The van der Waals surface area contributed by atoms with Crippen molar-refractivity contribution in [3.63, 3.8) is 0 Å². The number of piperazine rings is 1. The number of halogens is 2. The van der Waals surface area contributed by atoms with Crippen LogP contribution in [0.2, 0.25) is 10.0 Å². The lowest BCUT2D eigenvalue weighted by Crippen LogP contribution is -2.51. The van der Waals surface area contributed by atoms with Gasteiger partial charge in [-0.05, 0) is 19.1 Å². The number of amides is 1. The number of hydrogen-bond acceptors (Lipinski definition) is 3. The Morgan fingerprint density at radius 3 is 2.55 bits per heavy atom. The van der Waals surface area contributed by atoms with E-state index in [4.69, 9.17) is 28.5 Å². The van der Waals surface area contributed by atoms with Gasteiger partial charge in [0.1, 0.15) is 0 Å². The molecule has 1 unspecified atom stereocenters. The number of nitrogens with zero attached hydrogens (tertiary/aromatic N) is 3. The lowest BCUT2D eigenvalue weighted by Gasteiger charge is -2.36. The average molecular weight is 312 g/mol. The van der Waals surface area contributed by atoms with Gasteiger partial charge in [0.2, 0.25) is 0 Å². The standard InChI is InChI=1S/C14H15Cl2N3O/c1-10(9-17)18-5-7-19(8-6-18)14(20)11-3-2-4-12(15)13(11)16/h2-4,10H,5-8H2,1H3. The van der Waals surface area contributed by atoms with Gasteiger partial charge in [-0.3, -0.25) is 9.69 Å². The molecular weight excluding hydrogens is 297 g/mol. The van der Waals surface area contributed by atoms with E-state index in [9.17, 15) is 4.79 Å². The van der Waals surface area contributed by atoms with Gasteiger partial charge in [0.05, 0.1) is 27.7 Å². The molecule has 1 amide bonds. The second-order valence-electron chi connectivity index (χ2n) is 4.73. The number of carbonyl (C=O) groups is 1. The highest BCUT2D eigenvalue weighted by Crippen LogP contribution is 2.26. The first-order valence-electron chi connectivity index (χ1n) is 6.41. The molecule has 0 radical (unpaired) electrons. The normalized spacial score (nSPS) is 17.6. The Morgan fingerprint density at radius 2 is 1.95 bits per heavy atom. The summed E-state index contributed by atoms with van der Waals surface area (Å²) < 4.78 is 0. The quantitative estimate of drug-likeness (QED) is 0.843. The third-order valence-electron chi connectivity index (χ3n) is 3.52. The van der Waals surface area contributed by atoms with Gasteiger partial charge in [0, 0.05) is 26.2 Å². The average Bonchev–Trinajstić information content (AvgIpc) is 2.48. The van der Waals surface area contributed by atoms with Gasteiger partial charge in [0.25, 0.3) is 5.91 Å². The van der Waals surface area contributed by atoms with E-state index in [1.165, 1.54) is 0 Å². The Hall–Kier alpha value is -1.28. The van der Waals surface area contributed by atoms with Gasteiger partial charge in [-0.2, -0.15) is 5.26 Å².